The highest BCUT2D eigenvalue weighted by Crippen LogP contribution is 2.42. The average Bonchev–Trinajstić information content (AvgIpc) is 3.26. The summed E-state index contributed by atoms with van der Waals surface area (Å²) in [5.74, 6) is 0. The van der Waals surface area contributed by atoms with Crippen LogP contribution in [0.25, 0.3) is 99.5 Å². The van der Waals surface area contributed by atoms with Gasteiger partial charge in [0.15, 0.2) is 0 Å². The predicted molar refractivity (Wildman–Crippen MR) is 223 cm³/mol. The molecule has 0 saturated heterocycles. The van der Waals surface area contributed by atoms with E-state index in [-0.39, 0.29) is 0 Å². The molecule has 0 bridgehead atoms. The normalized spacial score (nSPS) is 11.3. The minimum atomic E-state index is 0.889. The SMILES string of the molecule is c1ccc(-c2ccnc3c2ccc2c(-c4ccccc4)cc(-c4ccc(-c5cc(-c6cccnc6)cc(-c6cccnc6)c5)c5ccccc45)nc23)cc1. The van der Waals surface area contributed by atoms with Gasteiger partial charge < -0.3 is 0 Å². The van der Waals surface area contributed by atoms with Crippen LogP contribution in [0.3, 0.4) is 0 Å². The van der Waals surface area contributed by atoms with Crippen LogP contribution in [-0.4, -0.2) is 19.9 Å². The topological polar surface area (TPSA) is 51.6 Å². The van der Waals surface area contributed by atoms with Crippen LogP contribution < -0.4 is 0 Å². The molecule has 54 heavy (non-hydrogen) atoms. The Hall–Kier alpha value is -7.30. The van der Waals surface area contributed by atoms with Crippen molar-refractivity contribution in [1.29, 1.82) is 0 Å². The summed E-state index contributed by atoms with van der Waals surface area (Å²) < 4.78 is 0. The summed E-state index contributed by atoms with van der Waals surface area (Å²) in [4.78, 5) is 19.3. The highest BCUT2D eigenvalue weighted by Gasteiger charge is 2.18. The van der Waals surface area contributed by atoms with Gasteiger partial charge in [0, 0.05) is 58.4 Å². The van der Waals surface area contributed by atoms with Crippen LogP contribution in [0.15, 0.2) is 195 Å². The lowest BCUT2D eigenvalue weighted by molar-refractivity contribution is 1.32. The van der Waals surface area contributed by atoms with Gasteiger partial charge in [-0.15, -0.1) is 0 Å². The lowest BCUT2D eigenvalue weighted by atomic mass is 9.89. The summed E-state index contributed by atoms with van der Waals surface area (Å²) >= 11 is 0. The van der Waals surface area contributed by atoms with E-state index >= 15 is 0 Å². The van der Waals surface area contributed by atoms with Gasteiger partial charge in [-0.25, -0.2) is 4.98 Å². The van der Waals surface area contributed by atoms with Gasteiger partial charge in [0.1, 0.15) is 0 Å². The number of rotatable bonds is 6. The molecule has 0 amide bonds. The number of nitrogens with zero attached hydrogens (tertiary/aromatic N) is 4. The lowest BCUT2D eigenvalue weighted by Gasteiger charge is -2.17. The van der Waals surface area contributed by atoms with Crippen molar-refractivity contribution >= 4 is 32.6 Å². The molecule has 0 atom stereocenters. The lowest BCUT2D eigenvalue weighted by Crippen LogP contribution is -1.95. The van der Waals surface area contributed by atoms with Crippen molar-refractivity contribution in [2.75, 3.05) is 0 Å². The van der Waals surface area contributed by atoms with Crippen LogP contribution in [-0.2, 0) is 0 Å². The predicted octanol–water partition coefficient (Wildman–Crippen LogP) is 12.7. The van der Waals surface area contributed by atoms with E-state index in [1.165, 1.54) is 0 Å². The second-order valence-corrected chi connectivity index (χ2v) is 13.5. The first-order valence-corrected chi connectivity index (χ1v) is 18.1. The molecule has 0 spiro atoms. The number of aromatic nitrogens is 4. The molecule has 10 aromatic rings. The molecule has 0 radical (unpaired) electrons. The quantitative estimate of drug-likeness (QED) is 0.163. The zero-order chi connectivity index (χ0) is 35.8. The van der Waals surface area contributed by atoms with Gasteiger partial charge in [-0.3, -0.25) is 15.0 Å². The molecular formula is C50H32N4. The van der Waals surface area contributed by atoms with Crippen LogP contribution in [0, 0.1) is 0 Å². The Morgan fingerprint density at radius 1 is 0.296 bits per heavy atom. The minimum absolute atomic E-state index is 0.889. The van der Waals surface area contributed by atoms with E-state index in [0.717, 1.165) is 99.5 Å². The molecule has 6 aromatic carbocycles. The van der Waals surface area contributed by atoms with E-state index in [1.807, 2.05) is 43.1 Å². The molecule has 0 N–H and O–H groups in total. The third-order valence-corrected chi connectivity index (χ3v) is 10.3. The third-order valence-electron chi connectivity index (χ3n) is 10.3. The van der Waals surface area contributed by atoms with E-state index in [0.29, 0.717) is 0 Å². The number of fused-ring (bicyclic) bond motifs is 4. The number of pyridine rings is 4. The van der Waals surface area contributed by atoms with Crippen molar-refractivity contribution in [1.82, 2.24) is 19.9 Å². The fraction of sp³-hybridized carbons (Fsp3) is 0. The van der Waals surface area contributed by atoms with Crippen LogP contribution >= 0.6 is 0 Å². The molecular weight excluding hydrogens is 657 g/mol. The van der Waals surface area contributed by atoms with Gasteiger partial charge >= 0.3 is 0 Å². The molecule has 0 aliphatic heterocycles. The van der Waals surface area contributed by atoms with Crippen LogP contribution in [0.2, 0.25) is 0 Å². The first kappa shape index (κ1) is 31.4. The highest BCUT2D eigenvalue weighted by atomic mass is 14.8. The maximum atomic E-state index is 5.48. The van der Waals surface area contributed by atoms with Crippen molar-refractivity contribution in [2.45, 2.75) is 0 Å². The van der Waals surface area contributed by atoms with E-state index in [4.69, 9.17) is 9.97 Å². The maximum Gasteiger partial charge on any atom is 0.0978 e. The van der Waals surface area contributed by atoms with Gasteiger partial charge in [0.05, 0.1) is 16.7 Å². The van der Waals surface area contributed by atoms with Crippen molar-refractivity contribution in [3.63, 3.8) is 0 Å². The van der Waals surface area contributed by atoms with Crippen molar-refractivity contribution < 1.29 is 0 Å². The zero-order valence-corrected chi connectivity index (χ0v) is 29.3. The number of benzene rings is 6. The van der Waals surface area contributed by atoms with Crippen molar-refractivity contribution in [3.05, 3.63) is 195 Å². The average molecular weight is 689 g/mol. The van der Waals surface area contributed by atoms with Crippen LogP contribution in [0.4, 0.5) is 0 Å². The van der Waals surface area contributed by atoms with Crippen molar-refractivity contribution in [2.24, 2.45) is 0 Å². The van der Waals surface area contributed by atoms with Crippen molar-refractivity contribution in [3.8, 4) is 66.9 Å². The molecule has 0 aliphatic rings. The molecule has 0 aliphatic carbocycles. The first-order chi connectivity index (χ1) is 26.8. The highest BCUT2D eigenvalue weighted by molar-refractivity contribution is 6.13. The largest absolute Gasteiger partial charge is 0.264 e. The molecule has 4 heterocycles. The third kappa shape index (κ3) is 5.58. The molecule has 4 aromatic heterocycles. The molecule has 0 unspecified atom stereocenters. The van der Waals surface area contributed by atoms with Crippen LogP contribution in [0.5, 0.6) is 0 Å². The fourth-order valence-electron chi connectivity index (χ4n) is 7.72. The summed E-state index contributed by atoms with van der Waals surface area (Å²) in [6.45, 7) is 0. The Labute approximate surface area is 313 Å². The fourth-order valence-corrected chi connectivity index (χ4v) is 7.72. The van der Waals surface area contributed by atoms with Crippen LogP contribution in [0.1, 0.15) is 0 Å². The minimum Gasteiger partial charge on any atom is -0.264 e. The zero-order valence-electron chi connectivity index (χ0n) is 29.3. The summed E-state index contributed by atoms with van der Waals surface area (Å²) in [6, 6.07) is 57.9. The second kappa shape index (κ2) is 13.4. The Bertz CT molecular complexity index is 2910. The molecule has 4 nitrogen and oxygen atoms in total. The number of hydrogen-bond acceptors (Lipinski definition) is 4. The van der Waals surface area contributed by atoms with Gasteiger partial charge in [-0.1, -0.05) is 121 Å². The summed E-state index contributed by atoms with van der Waals surface area (Å²) in [6.07, 6.45) is 9.37. The smallest absolute Gasteiger partial charge is 0.0978 e. The molecule has 252 valence electrons. The monoisotopic (exact) mass is 688 g/mol. The summed E-state index contributed by atoms with van der Waals surface area (Å²) in [7, 11) is 0. The Morgan fingerprint density at radius 2 is 0.815 bits per heavy atom. The summed E-state index contributed by atoms with van der Waals surface area (Å²) in [5, 5.41) is 4.44. The standard InChI is InChI=1S/C50H32N4/c1-3-11-33(12-4-1)41-23-26-53-49-45(41)21-22-46-47(34-13-5-2-6-14-34)30-48(54-50(46)49)44-20-19-40(42-17-7-8-18-43(42)44)39-28-37(35-15-9-24-51-31-35)27-38(29-39)36-16-10-25-52-32-36/h1-32H. The molecule has 0 saturated carbocycles. The van der Waals surface area contributed by atoms with E-state index in [9.17, 15) is 0 Å². The first-order valence-electron chi connectivity index (χ1n) is 18.1. The maximum absolute atomic E-state index is 5.48. The Balaban J connectivity index is 1.21. The Morgan fingerprint density at radius 3 is 1.44 bits per heavy atom. The van der Waals surface area contributed by atoms with Gasteiger partial charge in [0.2, 0.25) is 0 Å². The summed E-state index contributed by atoms with van der Waals surface area (Å²) in [5.41, 5.74) is 14.9. The van der Waals surface area contributed by atoms with E-state index in [2.05, 4.69) is 162 Å². The van der Waals surface area contributed by atoms with Gasteiger partial charge in [-0.05, 0) is 97.7 Å². The Kier molecular flexibility index (Phi) is 7.77. The van der Waals surface area contributed by atoms with Gasteiger partial charge in [0.25, 0.3) is 0 Å². The molecule has 0 fully saturated rings. The molecule has 10 rings (SSSR count). The van der Waals surface area contributed by atoms with E-state index < -0.39 is 0 Å². The number of hydrogen-bond donors (Lipinski definition) is 0. The molecule has 4 heteroatoms. The van der Waals surface area contributed by atoms with Gasteiger partial charge in [-0.2, -0.15) is 0 Å². The van der Waals surface area contributed by atoms with E-state index in [1.54, 1.807) is 0 Å². The second-order valence-electron chi connectivity index (χ2n) is 13.5.